The molecule has 0 saturated heterocycles. The van der Waals surface area contributed by atoms with E-state index in [4.69, 9.17) is 4.42 Å². The summed E-state index contributed by atoms with van der Waals surface area (Å²) in [5.41, 5.74) is 7.25. The number of hydrogen-bond acceptors (Lipinski definition) is 5. The molecule has 2 aromatic heterocycles. The number of nitrogens with zero attached hydrogens (tertiary/aromatic N) is 1. The van der Waals surface area contributed by atoms with Gasteiger partial charge in [-0.2, -0.15) is 0 Å². The zero-order chi connectivity index (χ0) is 19.7. The molecule has 0 unspecified atom stereocenters. The van der Waals surface area contributed by atoms with Crippen molar-refractivity contribution in [3.63, 3.8) is 0 Å². The lowest BCUT2D eigenvalue weighted by Crippen LogP contribution is -2.41. The van der Waals surface area contributed by atoms with Gasteiger partial charge in [0.15, 0.2) is 5.58 Å². The first kappa shape index (κ1) is 18.5. The molecule has 1 aliphatic carbocycles. The summed E-state index contributed by atoms with van der Waals surface area (Å²) in [6.07, 6.45) is 3.20. The van der Waals surface area contributed by atoms with Gasteiger partial charge in [0.05, 0.1) is 10.4 Å². The Bertz CT molecular complexity index is 1090. The molecule has 7 nitrogen and oxygen atoms in total. The molecule has 1 aliphatic rings. The molecule has 0 saturated carbocycles. The number of nitrogens with one attached hydrogen (secondary N) is 2. The third-order valence-electron chi connectivity index (χ3n) is 5.00. The number of thiophene rings is 1. The monoisotopic (exact) mass is 399 g/mol. The average Bonchev–Trinajstić information content (AvgIpc) is 3.24. The van der Waals surface area contributed by atoms with Crippen LogP contribution in [0.25, 0.3) is 11.1 Å². The highest BCUT2D eigenvalue weighted by atomic mass is 32.1. The first-order chi connectivity index (χ1) is 13.5. The number of amides is 2. The highest BCUT2D eigenvalue weighted by Gasteiger charge is 2.21. The number of carbonyl (C=O) groups is 2. The average molecular weight is 399 g/mol. The number of benzene rings is 1. The van der Waals surface area contributed by atoms with Crippen LogP contribution in [0.2, 0.25) is 0 Å². The summed E-state index contributed by atoms with van der Waals surface area (Å²) in [4.78, 5) is 38.2. The summed E-state index contributed by atoms with van der Waals surface area (Å²) in [6.45, 7) is 2.39. The van der Waals surface area contributed by atoms with Gasteiger partial charge in [0, 0.05) is 17.8 Å². The number of para-hydroxylation sites is 2. The molecule has 3 aromatic rings. The lowest BCUT2D eigenvalue weighted by atomic mass is 9.90. The van der Waals surface area contributed by atoms with Crippen LogP contribution in [0, 0.1) is 5.92 Å². The number of oxazole rings is 1. The molecule has 0 spiro atoms. The second-order valence-corrected chi connectivity index (χ2v) is 8.28. The standard InChI is InChI=1S/C20H21N3O4S/c1-12-6-7-16-13(10-12)11-17(28-16)19(25)22-21-18(24)8-9-23-14-4-2-3-5-15(14)27-20(23)26/h2-5,11-12H,6-10H2,1H3,(H,21,24)(H,22,25)/t12-/m0/s1. The molecular weight excluding hydrogens is 378 g/mol. The van der Waals surface area contributed by atoms with Gasteiger partial charge in [0.25, 0.3) is 5.91 Å². The van der Waals surface area contributed by atoms with E-state index in [1.807, 2.05) is 6.07 Å². The predicted molar refractivity (Wildman–Crippen MR) is 106 cm³/mol. The van der Waals surface area contributed by atoms with Crippen LogP contribution in [0.3, 0.4) is 0 Å². The van der Waals surface area contributed by atoms with Crippen molar-refractivity contribution in [1.82, 2.24) is 15.4 Å². The van der Waals surface area contributed by atoms with Crippen molar-refractivity contribution in [3.8, 4) is 0 Å². The second-order valence-electron chi connectivity index (χ2n) is 7.15. The molecule has 28 heavy (non-hydrogen) atoms. The van der Waals surface area contributed by atoms with Gasteiger partial charge in [-0.15, -0.1) is 11.3 Å². The molecule has 146 valence electrons. The van der Waals surface area contributed by atoms with Gasteiger partial charge in [0.1, 0.15) is 0 Å². The van der Waals surface area contributed by atoms with Gasteiger partial charge in [-0.25, -0.2) is 4.79 Å². The Kier molecular flexibility index (Phi) is 5.04. The van der Waals surface area contributed by atoms with Crippen LogP contribution in [0.4, 0.5) is 0 Å². The number of aromatic nitrogens is 1. The summed E-state index contributed by atoms with van der Waals surface area (Å²) in [6, 6.07) is 8.97. The van der Waals surface area contributed by atoms with Crippen molar-refractivity contribution >= 4 is 34.3 Å². The van der Waals surface area contributed by atoms with Gasteiger partial charge >= 0.3 is 5.76 Å². The van der Waals surface area contributed by atoms with Gasteiger partial charge in [0.2, 0.25) is 5.91 Å². The quantitative estimate of drug-likeness (QED) is 0.660. The van der Waals surface area contributed by atoms with E-state index in [1.165, 1.54) is 26.3 Å². The molecule has 4 rings (SSSR count). The highest BCUT2D eigenvalue weighted by molar-refractivity contribution is 7.14. The summed E-state index contributed by atoms with van der Waals surface area (Å²) in [5, 5.41) is 0. The van der Waals surface area contributed by atoms with Crippen molar-refractivity contribution in [3.05, 3.63) is 56.2 Å². The number of aryl methyl sites for hydroxylation is 2. The Labute approximate surface area is 165 Å². The maximum atomic E-state index is 12.3. The minimum Gasteiger partial charge on any atom is -0.408 e. The number of hydrazine groups is 1. The minimum absolute atomic E-state index is 0.0438. The Morgan fingerprint density at radius 3 is 2.96 bits per heavy atom. The SMILES string of the molecule is C[C@H]1CCc2sc(C(=O)NNC(=O)CCn3c(=O)oc4ccccc43)cc2C1. The lowest BCUT2D eigenvalue weighted by Gasteiger charge is -2.16. The third kappa shape index (κ3) is 3.73. The van der Waals surface area contributed by atoms with E-state index in [9.17, 15) is 14.4 Å². The van der Waals surface area contributed by atoms with Crippen LogP contribution in [0.15, 0.2) is 39.5 Å². The van der Waals surface area contributed by atoms with Gasteiger partial charge < -0.3 is 4.42 Å². The van der Waals surface area contributed by atoms with E-state index in [2.05, 4.69) is 17.8 Å². The maximum absolute atomic E-state index is 12.3. The number of carbonyl (C=O) groups excluding carboxylic acids is 2. The molecule has 0 fully saturated rings. The fraction of sp³-hybridized carbons (Fsp3) is 0.350. The molecule has 0 aliphatic heterocycles. The van der Waals surface area contributed by atoms with E-state index in [0.717, 1.165) is 19.3 Å². The van der Waals surface area contributed by atoms with Crippen LogP contribution in [0.5, 0.6) is 0 Å². The zero-order valence-corrected chi connectivity index (χ0v) is 16.3. The van der Waals surface area contributed by atoms with Crippen LogP contribution in [0.1, 0.15) is 39.9 Å². The Balaban J connectivity index is 1.33. The second kappa shape index (κ2) is 7.63. The highest BCUT2D eigenvalue weighted by Crippen LogP contribution is 2.32. The molecular formula is C20H21N3O4S. The van der Waals surface area contributed by atoms with Crippen LogP contribution >= 0.6 is 11.3 Å². The van der Waals surface area contributed by atoms with Crippen LogP contribution in [-0.2, 0) is 24.2 Å². The fourth-order valence-electron chi connectivity index (χ4n) is 3.51. The third-order valence-corrected chi connectivity index (χ3v) is 6.24. The van der Waals surface area contributed by atoms with E-state index < -0.39 is 5.76 Å². The van der Waals surface area contributed by atoms with Gasteiger partial charge in [-0.1, -0.05) is 19.1 Å². The smallest absolute Gasteiger partial charge is 0.408 e. The fourth-order valence-corrected chi connectivity index (χ4v) is 4.61. The summed E-state index contributed by atoms with van der Waals surface area (Å²) >= 11 is 1.49. The minimum atomic E-state index is -0.503. The van der Waals surface area contributed by atoms with Gasteiger partial charge in [-0.3, -0.25) is 25.0 Å². The number of hydrogen-bond donors (Lipinski definition) is 2. The Morgan fingerprint density at radius 1 is 1.29 bits per heavy atom. The summed E-state index contributed by atoms with van der Waals surface area (Å²) < 4.78 is 6.55. The molecule has 0 bridgehead atoms. The maximum Gasteiger partial charge on any atom is 0.419 e. The van der Waals surface area contributed by atoms with E-state index in [1.54, 1.807) is 24.3 Å². The van der Waals surface area contributed by atoms with Crippen LogP contribution < -0.4 is 16.6 Å². The van der Waals surface area contributed by atoms with Crippen molar-refractivity contribution in [1.29, 1.82) is 0 Å². The Hall–Kier alpha value is -2.87. The molecule has 2 N–H and O–H groups in total. The molecule has 1 atom stereocenters. The van der Waals surface area contributed by atoms with Crippen LogP contribution in [-0.4, -0.2) is 16.4 Å². The zero-order valence-electron chi connectivity index (χ0n) is 15.5. The van der Waals surface area contributed by atoms with Crippen molar-refractivity contribution in [2.24, 2.45) is 5.92 Å². The first-order valence-electron chi connectivity index (χ1n) is 9.30. The van der Waals surface area contributed by atoms with E-state index in [0.29, 0.717) is 21.9 Å². The largest absolute Gasteiger partial charge is 0.419 e. The number of rotatable bonds is 4. The van der Waals surface area contributed by atoms with Gasteiger partial charge in [-0.05, 0) is 48.9 Å². The lowest BCUT2D eigenvalue weighted by molar-refractivity contribution is -0.122. The molecule has 0 radical (unpaired) electrons. The predicted octanol–water partition coefficient (Wildman–Crippen LogP) is 2.63. The Morgan fingerprint density at radius 2 is 2.11 bits per heavy atom. The number of fused-ring (bicyclic) bond motifs is 2. The first-order valence-corrected chi connectivity index (χ1v) is 10.1. The molecule has 1 aromatic carbocycles. The van der Waals surface area contributed by atoms with E-state index in [-0.39, 0.29) is 24.8 Å². The summed E-state index contributed by atoms with van der Waals surface area (Å²) in [5.74, 6) is -0.552. The summed E-state index contributed by atoms with van der Waals surface area (Å²) in [7, 11) is 0. The topological polar surface area (TPSA) is 93.3 Å². The van der Waals surface area contributed by atoms with Crippen molar-refractivity contribution in [2.75, 3.05) is 0 Å². The van der Waals surface area contributed by atoms with E-state index >= 15 is 0 Å². The molecule has 8 heteroatoms. The molecule has 2 heterocycles. The normalized spacial score (nSPS) is 16.0. The van der Waals surface area contributed by atoms with Crippen molar-refractivity contribution < 1.29 is 14.0 Å². The molecule has 2 amide bonds. The van der Waals surface area contributed by atoms with Crippen molar-refractivity contribution in [2.45, 2.75) is 39.2 Å².